The summed E-state index contributed by atoms with van der Waals surface area (Å²) in [5.41, 5.74) is 1.22. The number of nitrogens with zero attached hydrogens (tertiary/aromatic N) is 4. The lowest BCUT2D eigenvalue weighted by Crippen LogP contribution is -2.42. The molecule has 1 fully saturated rings. The topological polar surface area (TPSA) is 63.8 Å². The minimum Gasteiger partial charge on any atom is -0.367 e. The van der Waals surface area contributed by atoms with E-state index in [9.17, 15) is 0 Å². The highest BCUT2D eigenvalue weighted by Crippen LogP contribution is 2.27. The van der Waals surface area contributed by atoms with Gasteiger partial charge in [-0.05, 0) is 39.9 Å². The average molecular weight is 350 g/mol. The van der Waals surface area contributed by atoms with Gasteiger partial charge >= 0.3 is 0 Å². The molecule has 1 N–H and O–H groups in total. The normalized spacial score (nSPS) is 22.4. The summed E-state index contributed by atoms with van der Waals surface area (Å²) in [6.45, 7) is 7.64. The van der Waals surface area contributed by atoms with Crippen molar-refractivity contribution in [2.45, 2.75) is 78.4 Å². The van der Waals surface area contributed by atoms with Crippen LogP contribution >= 0.6 is 11.8 Å². The Bertz CT molecular complexity index is 510. The predicted molar refractivity (Wildman–Crippen MR) is 105 cm³/mol. The SMILES string of the molecule is C/C=N\N1C(NC2CCCCCC2)=C(C)C(SC)=NC1C.CC#N. The Morgan fingerprint density at radius 1 is 1.33 bits per heavy atom. The maximum Gasteiger partial charge on any atom is 0.142 e. The van der Waals surface area contributed by atoms with Crippen LogP contribution in [0, 0.1) is 11.3 Å². The van der Waals surface area contributed by atoms with Crippen LogP contribution in [0.25, 0.3) is 0 Å². The second kappa shape index (κ2) is 11.1. The van der Waals surface area contributed by atoms with Crippen LogP contribution in [0.4, 0.5) is 0 Å². The summed E-state index contributed by atoms with van der Waals surface area (Å²) >= 11 is 1.72. The van der Waals surface area contributed by atoms with Gasteiger partial charge in [-0.15, -0.1) is 11.8 Å². The van der Waals surface area contributed by atoms with Gasteiger partial charge in [-0.25, -0.2) is 5.01 Å². The zero-order valence-electron chi connectivity index (χ0n) is 15.7. The molecule has 1 unspecified atom stereocenters. The third-order valence-corrected chi connectivity index (χ3v) is 4.99. The fraction of sp³-hybridized carbons (Fsp3) is 0.722. The maximum absolute atomic E-state index is 7.32. The number of hydrogen-bond donors (Lipinski definition) is 1. The van der Waals surface area contributed by atoms with E-state index in [2.05, 4.69) is 30.5 Å². The number of nitrogens with one attached hydrogen (secondary N) is 1. The number of rotatable bonds is 3. The summed E-state index contributed by atoms with van der Waals surface area (Å²) in [4.78, 5) is 4.74. The Kier molecular flexibility index (Phi) is 9.55. The van der Waals surface area contributed by atoms with Crippen LogP contribution in [0.15, 0.2) is 21.5 Å². The molecule has 0 saturated heterocycles. The van der Waals surface area contributed by atoms with Gasteiger partial charge in [0.1, 0.15) is 12.0 Å². The van der Waals surface area contributed by atoms with Crippen LogP contribution in [0.3, 0.4) is 0 Å². The average Bonchev–Trinajstić information content (AvgIpc) is 2.83. The largest absolute Gasteiger partial charge is 0.367 e. The van der Waals surface area contributed by atoms with Gasteiger partial charge in [0, 0.05) is 24.8 Å². The molecule has 1 aliphatic carbocycles. The van der Waals surface area contributed by atoms with E-state index in [4.69, 9.17) is 10.3 Å². The lowest BCUT2D eigenvalue weighted by molar-refractivity contribution is 0.250. The maximum atomic E-state index is 7.32. The Morgan fingerprint density at radius 2 is 1.92 bits per heavy atom. The number of hydrazone groups is 1. The van der Waals surface area contributed by atoms with Crippen molar-refractivity contribution < 1.29 is 0 Å². The van der Waals surface area contributed by atoms with Crippen LogP contribution in [0.1, 0.15) is 66.2 Å². The summed E-state index contributed by atoms with van der Waals surface area (Å²) in [5.74, 6) is 1.15. The van der Waals surface area contributed by atoms with Gasteiger partial charge in [0.05, 0.1) is 11.1 Å². The Balaban J connectivity index is 0.000000891. The molecule has 2 rings (SSSR count). The molecule has 1 heterocycles. The molecule has 0 amide bonds. The zero-order valence-corrected chi connectivity index (χ0v) is 16.5. The van der Waals surface area contributed by atoms with Crippen molar-refractivity contribution in [3.63, 3.8) is 0 Å². The molecule has 2 aliphatic rings. The molecule has 24 heavy (non-hydrogen) atoms. The molecule has 5 nitrogen and oxygen atoms in total. The molecular weight excluding hydrogens is 318 g/mol. The van der Waals surface area contributed by atoms with E-state index in [-0.39, 0.29) is 6.17 Å². The van der Waals surface area contributed by atoms with E-state index in [0.29, 0.717) is 6.04 Å². The highest BCUT2D eigenvalue weighted by molar-refractivity contribution is 8.13. The zero-order chi connectivity index (χ0) is 17.9. The smallest absolute Gasteiger partial charge is 0.142 e. The van der Waals surface area contributed by atoms with Crippen LogP contribution < -0.4 is 5.32 Å². The van der Waals surface area contributed by atoms with E-state index in [0.717, 1.165) is 10.9 Å². The predicted octanol–water partition coefficient (Wildman–Crippen LogP) is 4.49. The molecule has 1 aliphatic heterocycles. The summed E-state index contributed by atoms with van der Waals surface area (Å²) in [7, 11) is 0. The van der Waals surface area contributed by atoms with Crippen molar-refractivity contribution in [3.8, 4) is 6.07 Å². The van der Waals surface area contributed by atoms with Gasteiger partial charge in [0.2, 0.25) is 0 Å². The standard InChI is InChI=1S/C16H28N4S.C2H3N/c1-5-17-20-13(3)18-16(21-4)12(2)15(20)19-14-10-8-6-7-9-11-14;1-2-3/h5,13-14,19H,6-11H2,1-4H3;1H3/b17-5-;. The number of thioether (sulfide) groups is 1. The van der Waals surface area contributed by atoms with E-state index in [1.165, 1.54) is 51.0 Å². The van der Waals surface area contributed by atoms with Gasteiger partial charge in [0.25, 0.3) is 0 Å². The van der Waals surface area contributed by atoms with Crippen LogP contribution in [0.5, 0.6) is 0 Å². The quantitative estimate of drug-likeness (QED) is 0.602. The first kappa shape index (κ1) is 20.6. The molecule has 134 valence electrons. The first-order valence-electron chi connectivity index (χ1n) is 8.77. The molecule has 0 aromatic rings. The van der Waals surface area contributed by atoms with Crippen molar-refractivity contribution in [2.24, 2.45) is 10.1 Å². The second-order valence-corrected chi connectivity index (χ2v) is 6.81. The fourth-order valence-electron chi connectivity index (χ4n) is 3.06. The van der Waals surface area contributed by atoms with Gasteiger partial charge in [-0.2, -0.15) is 10.4 Å². The number of nitriles is 1. The van der Waals surface area contributed by atoms with E-state index in [1.807, 2.05) is 18.1 Å². The van der Waals surface area contributed by atoms with Crippen molar-refractivity contribution >= 4 is 23.0 Å². The number of hydrogen-bond acceptors (Lipinski definition) is 6. The first-order chi connectivity index (χ1) is 11.6. The Morgan fingerprint density at radius 3 is 2.42 bits per heavy atom. The lowest BCUT2D eigenvalue weighted by Gasteiger charge is -2.34. The minimum atomic E-state index is 0.0561. The highest BCUT2D eigenvalue weighted by Gasteiger charge is 2.27. The summed E-state index contributed by atoms with van der Waals surface area (Å²) in [6, 6.07) is 2.32. The van der Waals surface area contributed by atoms with Gasteiger partial charge < -0.3 is 5.32 Å². The van der Waals surface area contributed by atoms with E-state index >= 15 is 0 Å². The lowest BCUT2D eigenvalue weighted by atomic mass is 10.1. The van der Waals surface area contributed by atoms with Gasteiger partial charge in [0.15, 0.2) is 0 Å². The van der Waals surface area contributed by atoms with Crippen molar-refractivity contribution in [2.75, 3.05) is 6.26 Å². The molecular formula is C18H31N5S. The molecule has 0 radical (unpaired) electrons. The van der Waals surface area contributed by atoms with E-state index < -0.39 is 0 Å². The van der Waals surface area contributed by atoms with Gasteiger partial charge in [-0.1, -0.05) is 25.7 Å². The van der Waals surface area contributed by atoms with Crippen LogP contribution in [-0.2, 0) is 0 Å². The highest BCUT2D eigenvalue weighted by atomic mass is 32.2. The fourth-order valence-corrected chi connectivity index (χ4v) is 3.72. The van der Waals surface area contributed by atoms with Crippen LogP contribution in [0.2, 0.25) is 0 Å². The molecule has 0 aromatic heterocycles. The molecule has 6 heteroatoms. The summed E-state index contributed by atoms with van der Waals surface area (Å²) < 4.78 is 0. The Hall–Kier alpha value is -1.48. The van der Waals surface area contributed by atoms with Crippen molar-refractivity contribution in [1.29, 1.82) is 5.26 Å². The molecule has 1 saturated carbocycles. The summed E-state index contributed by atoms with van der Waals surface area (Å²) in [5, 5.41) is 18.8. The molecule has 0 bridgehead atoms. The number of aliphatic imine (C=N–C) groups is 1. The van der Waals surface area contributed by atoms with Crippen molar-refractivity contribution in [1.82, 2.24) is 10.3 Å². The monoisotopic (exact) mass is 349 g/mol. The molecule has 1 atom stereocenters. The summed E-state index contributed by atoms with van der Waals surface area (Å²) in [6.07, 6.45) is 11.9. The molecule has 0 aromatic carbocycles. The third-order valence-electron chi connectivity index (χ3n) is 4.19. The van der Waals surface area contributed by atoms with Crippen LogP contribution in [-0.4, -0.2) is 34.7 Å². The third kappa shape index (κ3) is 5.86. The first-order valence-corrected chi connectivity index (χ1v) is 9.99. The minimum absolute atomic E-state index is 0.0561. The van der Waals surface area contributed by atoms with E-state index in [1.54, 1.807) is 17.8 Å². The van der Waals surface area contributed by atoms with Crippen molar-refractivity contribution in [3.05, 3.63) is 11.4 Å². The Labute approximate surface area is 151 Å². The second-order valence-electron chi connectivity index (χ2n) is 6.02. The molecule has 0 spiro atoms. The van der Waals surface area contributed by atoms with Gasteiger partial charge in [-0.3, -0.25) is 4.99 Å².